The number of amides is 1. The van der Waals surface area contributed by atoms with E-state index in [9.17, 15) is 17.6 Å². The van der Waals surface area contributed by atoms with Gasteiger partial charge in [-0.05, 0) is 42.8 Å². The Bertz CT molecular complexity index is 928. The number of rotatable bonds is 6. The lowest BCUT2D eigenvalue weighted by Gasteiger charge is -2.19. The average Bonchev–Trinajstić information content (AvgIpc) is 2.58. The maximum absolute atomic E-state index is 14.1. The van der Waals surface area contributed by atoms with E-state index in [4.69, 9.17) is 11.6 Å². The standard InChI is InChI=1S/C18H20ClFN2O3S/c1-4-22(5-2)26(24,25)13-7-8-16(20)14(11-13)18(23)21-17-9-6-12(3)10-15(17)19/h6-11H,4-5H2,1-3H3,(H,21,23). The molecule has 0 fully saturated rings. The summed E-state index contributed by atoms with van der Waals surface area (Å²) in [6, 6.07) is 8.18. The number of nitrogens with one attached hydrogen (secondary N) is 1. The van der Waals surface area contributed by atoms with Crippen LogP contribution in [0.5, 0.6) is 0 Å². The zero-order valence-corrected chi connectivity index (χ0v) is 16.3. The van der Waals surface area contributed by atoms with Gasteiger partial charge in [-0.1, -0.05) is 31.5 Å². The lowest BCUT2D eigenvalue weighted by Crippen LogP contribution is -2.31. The largest absolute Gasteiger partial charge is 0.321 e. The number of sulfonamides is 1. The van der Waals surface area contributed by atoms with Crippen LogP contribution in [0.3, 0.4) is 0 Å². The Morgan fingerprint density at radius 3 is 2.38 bits per heavy atom. The van der Waals surface area contributed by atoms with E-state index < -0.39 is 21.7 Å². The smallest absolute Gasteiger partial charge is 0.258 e. The molecule has 0 aliphatic rings. The fraction of sp³-hybridized carbons (Fsp3) is 0.278. The Hall–Kier alpha value is -1.96. The first kappa shape index (κ1) is 20.4. The van der Waals surface area contributed by atoms with Crippen molar-refractivity contribution in [2.24, 2.45) is 0 Å². The summed E-state index contributed by atoms with van der Waals surface area (Å²) in [5.74, 6) is -1.59. The quantitative estimate of drug-likeness (QED) is 0.797. The summed E-state index contributed by atoms with van der Waals surface area (Å²) < 4.78 is 40.5. The van der Waals surface area contributed by atoms with Gasteiger partial charge in [-0.2, -0.15) is 4.31 Å². The molecule has 2 aromatic rings. The minimum Gasteiger partial charge on any atom is -0.321 e. The van der Waals surface area contributed by atoms with E-state index in [2.05, 4.69) is 5.32 Å². The first-order chi connectivity index (χ1) is 12.2. The van der Waals surface area contributed by atoms with E-state index in [-0.39, 0.29) is 23.5 Å². The van der Waals surface area contributed by atoms with Gasteiger partial charge < -0.3 is 5.32 Å². The third-order valence-electron chi connectivity index (χ3n) is 3.90. The molecule has 8 heteroatoms. The molecule has 2 aromatic carbocycles. The van der Waals surface area contributed by atoms with E-state index in [1.165, 1.54) is 4.31 Å². The van der Waals surface area contributed by atoms with Gasteiger partial charge in [0.2, 0.25) is 10.0 Å². The molecule has 2 rings (SSSR count). The number of benzene rings is 2. The van der Waals surface area contributed by atoms with Gasteiger partial charge in [0, 0.05) is 13.1 Å². The van der Waals surface area contributed by atoms with Gasteiger partial charge in [-0.15, -0.1) is 0 Å². The van der Waals surface area contributed by atoms with Crippen LogP contribution in [0.25, 0.3) is 0 Å². The lowest BCUT2D eigenvalue weighted by atomic mass is 10.2. The molecule has 0 bridgehead atoms. The zero-order chi connectivity index (χ0) is 19.5. The minimum absolute atomic E-state index is 0.136. The van der Waals surface area contributed by atoms with Crippen LogP contribution < -0.4 is 5.32 Å². The van der Waals surface area contributed by atoms with Crippen molar-refractivity contribution in [2.75, 3.05) is 18.4 Å². The molecule has 0 aromatic heterocycles. The number of hydrogen-bond acceptors (Lipinski definition) is 3. The average molecular weight is 399 g/mol. The summed E-state index contributed by atoms with van der Waals surface area (Å²) in [5.41, 5.74) is 0.861. The highest BCUT2D eigenvalue weighted by Crippen LogP contribution is 2.25. The van der Waals surface area contributed by atoms with Crippen molar-refractivity contribution in [3.63, 3.8) is 0 Å². The molecular weight excluding hydrogens is 379 g/mol. The number of anilines is 1. The third-order valence-corrected chi connectivity index (χ3v) is 6.26. The van der Waals surface area contributed by atoms with E-state index in [1.807, 2.05) is 6.92 Å². The first-order valence-electron chi connectivity index (χ1n) is 8.07. The van der Waals surface area contributed by atoms with Crippen molar-refractivity contribution in [3.8, 4) is 0 Å². The molecule has 0 atom stereocenters. The van der Waals surface area contributed by atoms with Gasteiger partial charge >= 0.3 is 0 Å². The Kier molecular flexibility index (Phi) is 6.39. The molecule has 0 heterocycles. The molecule has 5 nitrogen and oxygen atoms in total. The highest BCUT2D eigenvalue weighted by Gasteiger charge is 2.24. The van der Waals surface area contributed by atoms with Crippen molar-refractivity contribution in [3.05, 3.63) is 58.4 Å². The number of carbonyl (C=O) groups is 1. The number of hydrogen-bond donors (Lipinski definition) is 1. The van der Waals surface area contributed by atoms with Crippen molar-refractivity contribution in [1.29, 1.82) is 0 Å². The van der Waals surface area contributed by atoms with Crippen molar-refractivity contribution in [1.82, 2.24) is 4.31 Å². The summed E-state index contributed by atoms with van der Waals surface area (Å²) in [7, 11) is -3.80. The predicted octanol–water partition coefficient (Wildman–Crippen LogP) is 4.07. The molecule has 0 aliphatic carbocycles. The predicted molar refractivity (Wildman–Crippen MR) is 101 cm³/mol. The molecule has 0 spiro atoms. The second-order valence-electron chi connectivity index (χ2n) is 5.67. The molecule has 0 saturated heterocycles. The Morgan fingerprint density at radius 1 is 1.15 bits per heavy atom. The van der Waals surface area contributed by atoms with Crippen LogP contribution in [0.1, 0.15) is 29.8 Å². The Balaban J connectivity index is 2.39. The van der Waals surface area contributed by atoms with Crippen molar-refractivity contribution in [2.45, 2.75) is 25.7 Å². The highest BCUT2D eigenvalue weighted by atomic mass is 35.5. The molecule has 26 heavy (non-hydrogen) atoms. The van der Waals surface area contributed by atoms with E-state index in [0.717, 1.165) is 23.8 Å². The molecule has 0 radical (unpaired) electrons. The minimum atomic E-state index is -3.80. The monoisotopic (exact) mass is 398 g/mol. The molecule has 140 valence electrons. The Labute approximate surface area is 157 Å². The topological polar surface area (TPSA) is 66.5 Å². The second kappa shape index (κ2) is 8.16. The number of aryl methyl sites for hydroxylation is 1. The molecule has 1 amide bonds. The van der Waals surface area contributed by atoms with Gasteiger partial charge in [-0.25, -0.2) is 12.8 Å². The summed E-state index contributed by atoms with van der Waals surface area (Å²) in [6.45, 7) is 5.81. The number of halogens is 2. The fourth-order valence-electron chi connectivity index (χ4n) is 2.46. The van der Waals surface area contributed by atoms with Gasteiger partial charge in [-0.3, -0.25) is 4.79 Å². The van der Waals surface area contributed by atoms with Crippen LogP contribution in [0.15, 0.2) is 41.3 Å². The zero-order valence-electron chi connectivity index (χ0n) is 14.7. The van der Waals surface area contributed by atoms with Gasteiger partial charge in [0.05, 0.1) is 21.2 Å². The summed E-state index contributed by atoms with van der Waals surface area (Å²) in [5, 5.41) is 2.82. The van der Waals surface area contributed by atoms with Crippen LogP contribution >= 0.6 is 11.6 Å². The van der Waals surface area contributed by atoms with Gasteiger partial charge in [0.1, 0.15) is 5.82 Å². The maximum Gasteiger partial charge on any atom is 0.258 e. The summed E-state index contributed by atoms with van der Waals surface area (Å²) >= 11 is 6.07. The van der Waals surface area contributed by atoms with Gasteiger partial charge in [0.15, 0.2) is 0 Å². The SMILES string of the molecule is CCN(CC)S(=O)(=O)c1ccc(F)c(C(=O)Nc2ccc(C)cc2Cl)c1. The van der Waals surface area contributed by atoms with E-state index in [0.29, 0.717) is 10.7 Å². The van der Waals surface area contributed by atoms with Crippen LogP contribution in [0, 0.1) is 12.7 Å². The second-order valence-corrected chi connectivity index (χ2v) is 8.01. The van der Waals surface area contributed by atoms with Crippen LogP contribution in [-0.4, -0.2) is 31.7 Å². The third kappa shape index (κ3) is 4.23. The maximum atomic E-state index is 14.1. The van der Waals surface area contributed by atoms with E-state index in [1.54, 1.807) is 32.0 Å². The van der Waals surface area contributed by atoms with Crippen LogP contribution in [0.2, 0.25) is 5.02 Å². The molecule has 0 aliphatic heterocycles. The molecule has 1 N–H and O–H groups in total. The number of nitrogens with zero attached hydrogens (tertiary/aromatic N) is 1. The molecular formula is C18H20ClFN2O3S. The normalized spacial score (nSPS) is 11.6. The van der Waals surface area contributed by atoms with Crippen LogP contribution in [0.4, 0.5) is 10.1 Å². The van der Waals surface area contributed by atoms with Crippen molar-refractivity contribution >= 4 is 33.2 Å². The first-order valence-corrected chi connectivity index (χ1v) is 9.89. The molecule has 0 unspecified atom stereocenters. The van der Waals surface area contributed by atoms with Gasteiger partial charge in [0.25, 0.3) is 5.91 Å². The summed E-state index contributed by atoms with van der Waals surface area (Å²) in [4.78, 5) is 12.3. The lowest BCUT2D eigenvalue weighted by molar-refractivity contribution is 0.102. The fourth-order valence-corrected chi connectivity index (χ4v) is 4.23. The highest BCUT2D eigenvalue weighted by molar-refractivity contribution is 7.89. The number of carbonyl (C=O) groups excluding carboxylic acids is 1. The van der Waals surface area contributed by atoms with Crippen molar-refractivity contribution < 1.29 is 17.6 Å². The Morgan fingerprint density at radius 2 is 1.81 bits per heavy atom. The summed E-state index contributed by atoms with van der Waals surface area (Å²) in [6.07, 6.45) is 0. The van der Waals surface area contributed by atoms with E-state index >= 15 is 0 Å². The molecule has 0 saturated carbocycles. The van der Waals surface area contributed by atoms with Crippen LogP contribution in [-0.2, 0) is 10.0 Å².